The van der Waals surface area contributed by atoms with Crippen LogP contribution < -0.4 is 15.4 Å². The average Bonchev–Trinajstić information content (AvgIpc) is 3.48. The molecule has 2 N–H and O–H groups in total. The molecule has 3 heterocycles. The van der Waals surface area contributed by atoms with Crippen molar-refractivity contribution in [3.8, 4) is 5.75 Å². The molecule has 0 radical (unpaired) electrons. The van der Waals surface area contributed by atoms with Gasteiger partial charge < -0.3 is 29.6 Å². The summed E-state index contributed by atoms with van der Waals surface area (Å²) < 4.78 is 13.2. The highest BCUT2D eigenvalue weighted by Crippen LogP contribution is 2.40. The molecule has 1 aliphatic carbocycles. The minimum absolute atomic E-state index is 0.115. The van der Waals surface area contributed by atoms with Crippen molar-refractivity contribution < 1.29 is 23.9 Å². The topological polar surface area (TPSA) is 102 Å². The Hall–Kier alpha value is -3.07. The van der Waals surface area contributed by atoms with Gasteiger partial charge >= 0.3 is 0 Å². The largest absolute Gasteiger partial charge is 0.497 e. The Bertz CT molecular complexity index is 1180. The minimum atomic E-state index is -1.10. The van der Waals surface area contributed by atoms with E-state index in [0.717, 1.165) is 44.0 Å². The van der Waals surface area contributed by atoms with E-state index in [2.05, 4.69) is 10.6 Å². The third-order valence-electron chi connectivity index (χ3n) is 7.92. The molecular formula is C27H36N4O5. The summed E-state index contributed by atoms with van der Waals surface area (Å²) in [5.41, 5.74) is 0.506. The van der Waals surface area contributed by atoms with E-state index in [9.17, 15) is 14.4 Å². The highest BCUT2D eigenvalue weighted by atomic mass is 16.5. The van der Waals surface area contributed by atoms with Gasteiger partial charge in [-0.05, 0) is 50.8 Å². The number of carbonyl (C=O) groups is 3. The summed E-state index contributed by atoms with van der Waals surface area (Å²) in [5.74, 6) is -0.0618. The van der Waals surface area contributed by atoms with Gasteiger partial charge in [-0.1, -0.05) is 19.3 Å². The number of anilines is 1. The third-order valence-corrected chi connectivity index (χ3v) is 7.92. The molecule has 3 aliphatic rings. The molecule has 2 aliphatic heterocycles. The summed E-state index contributed by atoms with van der Waals surface area (Å²) in [5, 5.41) is 6.85. The van der Waals surface area contributed by atoms with Crippen LogP contribution in [0.1, 0.15) is 69.3 Å². The molecule has 1 saturated heterocycles. The summed E-state index contributed by atoms with van der Waals surface area (Å²) in [4.78, 5) is 42.0. The molecular weight excluding hydrogens is 460 g/mol. The standard InChI is InChI=1S/C27H36N4O5/c1-17(32)28-23-21-14-19(35-3)11-12-22(21)30-16-27(2,26(34)29-18-8-5-4-6-9-18)31(25(33)24(23)30)15-20-10-7-13-36-20/h11-12,14,18,20H,4-10,13,15-16H2,1-3H3,(H,28,32)(H,29,34)/t20-,27+/m1/s1. The maximum atomic E-state index is 14.2. The SMILES string of the molecule is COc1ccc2c(c1)c(NC(C)=O)c1n2C[C@@](C)(C(=O)NC2CCCCC2)N(C[C@H]2CCCO2)C1=O. The van der Waals surface area contributed by atoms with Crippen molar-refractivity contribution in [1.82, 2.24) is 14.8 Å². The quantitative estimate of drug-likeness (QED) is 0.638. The molecule has 1 saturated carbocycles. The number of rotatable bonds is 6. The summed E-state index contributed by atoms with van der Waals surface area (Å²) in [6.07, 6.45) is 7.01. The molecule has 1 aromatic carbocycles. The van der Waals surface area contributed by atoms with Crippen LogP contribution in [0.4, 0.5) is 5.69 Å². The van der Waals surface area contributed by atoms with Crippen LogP contribution in [0, 0.1) is 0 Å². The third kappa shape index (κ3) is 4.34. The van der Waals surface area contributed by atoms with Crippen LogP contribution in [0.2, 0.25) is 0 Å². The summed E-state index contributed by atoms with van der Waals surface area (Å²) in [6.45, 7) is 4.55. The van der Waals surface area contributed by atoms with Crippen LogP contribution >= 0.6 is 0 Å². The molecule has 0 unspecified atom stereocenters. The van der Waals surface area contributed by atoms with Gasteiger partial charge in [0, 0.05) is 31.5 Å². The Morgan fingerprint density at radius 3 is 2.61 bits per heavy atom. The molecule has 5 rings (SSSR count). The summed E-state index contributed by atoms with van der Waals surface area (Å²) in [7, 11) is 1.58. The van der Waals surface area contributed by atoms with Gasteiger partial charge in [0.05, 0.1) is 31.0 Å². The van der Waals surface area contributed by atoms with Crippen molar-refractivity contribution in [1.29, 1.82) is 0 Å². The van der Waals surface area contributed by atoms with Crippen LogP contribution in [0.25, 0.3) is 10.9 Å². The van der Waals surface area contributed by atoms with E-state index in [0.29, 0.717) is 35.7 Å². The first-order chi connectivity index (χ1) is 17.3. The van der Waals surface area contributed by atoms with Gasteiger partial charge in [-0.2, -0.15) is 0 Å². The fourth-order valence-corrected chi connectivity index (χ4v) is 5.95. The number of nitrogens with zero attached hydrogens (tertiary/aromatic N) is 2. The van der Waals surface area contributed by atoms with E-state index in [1.165, 1.54) is 13.3 Å². The van der Waals surface area contributed by atoms with Crippen molar-refractivity contribution in [2.45, 2.75) is 83.0 Å². The second-order valence-corrected chi connectivity index (χ2v) is 10.5. The number of hydrogen-bond donors (Lipinski definition) is 2. The smallest absolute Gasteiger partial charge is 0.273 e. The Balaban J connectivity index is 1.61. The predicted octanol–water partition coefficient (Wildman–Crippen LogP) is 3.45. The molecule has 194 valence electrons. The highest BCUT2D eigenvalue weighted by Gasteiger charge is 2.50. The molecule has 2 atom stereocenters. The Kier molecular flexibility index (Phi) is 6.68. The van der Waals surface area contributed by atoms with E-state index in [-0.39, 0.29) is 36.4 Å². The van der Waals surface area contributed by atoms with Crippen molar-refractivity contribution in [3.63, 3.8) is 0 Å². The van der Waals surface area contributed by atoms with Gasteiger partial charge in [-0.15, -0.1) is 0 Å². The molecule has 2 aromatic rings. The lowest BCUT2D eigenvalue weighted by Gasteiger charge is -2.45. The van der Waals surface area contributed by atoms with E-state index < -0.39 is 5.54 Å². The molecule has 9 nitrogen and oxygen atoms in total. The van der Waals surface area contributed by atoms with E-state index in [4.69, 9.17) is 9.47 Å². The zero-order valence-corrected chi connectivity index (χ0v) is 21.4. The van der Waals surface area contributed by atoms with Crippen LogP contribution in [0.3, 0.4) is 0 Å². The number of benzene rings is 1. The van der Waals surface area contributed by atoms with Crippen molar-refractivity contribution in [2.75, 3.05) is 25.6 Å². The normalized spacial score (nSPS) is 24.6. The lowest BCUT2D eigenvalue weighted by atomic mass is 9.91. The van der Waals surface area contributed by atoms with Gasteiger partial charge in [0.25, 0.3) is 5.91 Å². The Labute approximate surface area is 211 Å². The molecule has 0 spiro atoms. The van der Waals surface area contributed by atoms with E-state index >= 15 is 0 Å². The van der Waals surface area contributed by atoms with Crippen LogP contribution in [0.15, 0.2) is 18.2 Å². The first kappa shape index (κ1) is 24.6. The van der Waals surface area contributed by atoms with Crippen LogP contribution in [-0.4, -0.2) is 65.1 Å². The molecule has 0 bridgehead atoms. The predicted molar refractivity (Wildman–Crippen MR) is 136 cm³/mol. The van der Waals surface area contributed by atoms with E-state index in [1.807, 2.05) is 29.7 Å². The lowest BCUT2D eigenvalue weighted by Crippen LogP contribution is -2.66. The molecule has 9 heteroatoms. The number of methoxy groups -OCH3 is 1. The van der Waals surface area contributed by atoms with Crippen molar-refractivity contribution in [3.05, 3.63) is 23.9 Å². The molecule has 2 fully saturated rings. The van der Waals surface area contributed by atoms with Gasteiger partial charge in [-0.3, -0.25) is 14.4 Å². The number of aromatic nitrogens is 1. The number of hydrogen-bond acceptors (Lipinski definition) is 5. The zero-order chi connectivity index (χ0) is 25.4. The average molecular weight is 497 g/mol. The number of ether oxygens (including phenoxy) is 2. The maximum Gasteiger partial charge on any atom is 0.273 e. The molecule has 1 aromatic heterocycles. The second kappa shape index (κ2) is 9.76. The van der Waals surface area contributed by atoms with E-state index in [1.54, 1.807) is 12.0 Å². The first-order valence-corrected chi connectivity index (χ1v) is 13.0. The zero-order valence-electron chi connectivity index (χ0n) is 21.4. The second-order valence-electron chi connectivity index (χ2n) is 10.5. The van der Waals surface area contributed by atoms with Gasteiger partial charge in [0.1, 0.15) is 17.0 Å². The highest BCUT2D eigenvalue weighted by molar-refractivity contribution is 6.14. The fourth-order valence-electron chi connectivity index (χ4n) is 5.95. The number of amides is 3. The van der Waals surface area contributed by atoms with Crippen molar-refractivity contribution >= 4 is 34.3 Å². The van der Waals surface area contributed by atoms with Gasteiger partial charge in [0.15, 0.2) is 0 Å². The lowest BCUT2D eigenvalue weighted by molar-refractivity contribution is -0.134. The Morgan fingerprint density at radius 1 is 1.17 bits per heavy atom. The number of carbonyl (C=O) groups excluding carboxylic acids is 3. The van der Waals surface area contributed by atoms with Crippen molar-refractivity contribution in [2.24, 2.45) is 0 Å². The van der Waals surface area contributed by atoms with Crippen LogP contribution in [0.5, 0.6) is 5.75 Å². The minimum Gasteiger partial charge on any atom is -0.497 e. The Morgan fingerprint density at radius 2 is 1.94 bits per heavy atom. The summed E-state index contributed by atoms with van der Waals surface area (Å²) in [6, 6.07) is 5.66. The first-order valence-electron chi connectivity index (χ1n) is 13.0. The molecule has 36 heavy (non-hydrogen) atoms. The monoisotopic (exact) mass is 496 g/mol. The van der Waals surface area contributed by atoms with Crippen LogP contribution in [-0.2, 0) is 20.9 Å². The summed E-state index contributed by atoms with van der Waals surface area (Å²) >= 11 is 0. The fraction of sp³-hybridized carbons (Fsp3) is 0.593. The maximum absolute atomic E-state index is 14.2. The number of nitrogens with one attached hydrogen (secondary N) is 2. The van der Waals surface area contributed by atoms with Gasteiger partial charge in [0.2, 0.25) is 11.8 Å². The number of fused-ring (bicyclic) bond motifs is 3. The van der Waals surface area contributed by atoms with Gasteiger partial charge in [-0.25, -0.2) is 0 Å². The molecule has 3 amide bonds.